The van der Waals surface area contributed by atoms with Gasteiger partial charge in [0.15, 0.2) is 11.5 Å². The SMILES string of the molecule is CCOc1cc(C=NN2C(=O)c3cccc4cccc(c34)C2=O)cc(Br)c1OCc1ccc(C)cc1. The molecule has 0 N–H and O–H groups in total. The highest BCUT2D eigenvalue weighted by Crippen LogP contribution is 2.37. The Labute approximate surface area is 217 Å². The molecule has 36 heavy (non-hydrogen) atoms. The van der Waals surface area contributed by atoms with E-state index in [1.54, 1.807) is 30.3 Å². The first-order valence-corrected chi connectivity index (χ1v) is 12.3. The van der Waals surface area contributed by atoms with E-state index in [9.17, 15) is 9.59 Å². The summed E-state index contributed by atoms with van der Waals surface area (Å²) in [7, 11) is 0. The standard InChI is InChI=1S/C29H23BrN2O4/c1-3-35-25-15-20(14-24(30)27(25)36-17-19-12-10-18(2)11-13-19)16-31-32-28(33)22-8-4-6-21-7-5-9-23(26(21)22)29(32)34/h4-16H,3,17H2,1-2H3. The van der Waals surface area contributed by atoms with Crippen molar-refractivity contribution in [2.45, 2.75) is 20.5 Å². The first kappa shape index (κ1) is 23.8. The van der Waals surface area contributed by atoms with Gasteiger partial charge in [-0.1, -0.05) is 54.1 Å². The lowest BCUT2D eigenvalue weighted by atomic mass is 9.95. The number of hydrogen-bond acceptors (Lipinski definition) is 5. The van der Waals surface area contributed by atoms with Crippen molar-refractivity contribution in [2.24, 2.45) is 5.10 Å². The second-order valence-corrected chi connectivity index (χ2v) is 9.27. The van der Waals surface area contributed by atoms with Crippen molar-refractivity contribution in [3.8, 4) is 11.5 Å². The summed E-state index contributed by atoms with van der Waals surface area (Å²) in [5, 5.41) is 6.69. The van der Waals surface area contributed by atoms with Crippen molar-refractivity contribution in [2.75, 3.05) is 6.61 Å². The number of hydrazone groups is 1. The summed E-state index contributed by atoms with van der Waals surface area (Å²) in [6.07, 6.45) is 1.47. The van der Waals surface area contributed by atoms with Crippen molar-refractivity contribution in [3.05, 3.63) is 105 Å². The van der Waals surface area contributed by atoms with Gasteiger partial charge in [-0.25, -0.2) is 0 Å². The van der Waals surface area contributed by atoms with Crippen LogP contribution in [0.15, 0.2) is 82.4 Å². The van der Waals surface area contributed by atoms with E-state index in [1.165, 1.54) is 11.8 Å². The Bertz CT molecular complexity index is 1460. The lowest BCUT2D eigenvalue weighted by Gasteiger charge is -2.23. The molecule has 4 aromatic carbocycles. The molecule has 5 rings (SSSR count). The summed E-state index contributed by atoms with van der Waals surface area (Å²) in [5.41, 5.74) is 3.78. The third-order valence-corrected chi connectivity index (χ3v) is 6.50. The number of imide groups is 1. The summed E-state index contributed by atoms with van der Waals surface area (Å²) >= 11 is 3.57. The normalized spacial score (nSPS) is 13.0. The van der Waals surface area contributed by atoms with Crippen LogP contribution >= 0.6 is 15.9 Å². The van der Waals surface area contributed by atoms with Crippen LogP contribution in [0.3, 0.4) is 0 Å². The molecule has 7 heteroatoms. The van der Waals surface area contributed by atoms with Crippen LogP contribution in [0.1, 0.15) is 44.3 Å². The number of aryl methyl sites for hydroxylation is 1. The zero-order chi connectivity index (χ0) is 25.2. The number of halogens is 1. The van der Waals surface area contributed by atoms with Crippen LogP contribution in [0.5, 0.6) is 11.5 Å². The Hall–Kier alpha value is -3.97. The quantitative estimate of drug-likeness (QED) is 0.197. The molecule has 0 saturated heterocycles. The Morgan fingerprint density at radius 3 is 2.22 bits per heavy atom. The van der Waals surface area contributed by atoms with Gasteiger partial charge in [-0.15, -0.1) is 0 Å². The van der Waals surface area contributed by atoms with E-state index < -0.39 is 11.8 Å². The molecule has 0 aromatic heterocycles. The van der Waals surface area contributed by atoms with Gasteiger partial charge in [-0.05, 0) is 70.6 Å². The van der Waals surface area contributed by atoms with Gasteiger partial charge >= 0.3 is 0 Å². The van der Waals surface area contributed by atoms with Gasteiger partial charge in [0.25, 0.3) is 11.8 Å². The number of carbonyl (C=O) groups is 2. The maximum atomic E-state index is 13.1. The molecule has 6 nitrogen and oxygen atoms in total. The van der Waals surface area contributed by atoms with E-state index in [0.29, 0.717) is 51.3 Å². The smallest absolute Gasteiger partial charge is 0.282 e. The molecule has 0 spiro atoms. The lowest BCUT2D eigenvalue weighted by molar-refractivity contribution is 0.0616. The van der Waals surface area contributed by atoms with Gasteiger partial charge in [0.05, 0.1) is 28.4 Å². The van der Waals surface area contributed by atoms with E-state index in [-0.39, 0.29) is 0 Å². The second-order valence-electron chi connectivity index (χ2n) is 8.41. The van der Waals surface area contributed by atoms with Crippen LogP contribution in [-0.4, -0.2) is 29.6 Å². The zero-order valence-corrected chi connectivity index (χ0v) is 21.4. The highest BCUT2D eigenvalue weighted by Gasteiger charge is 2.32. The van der Waals surface area contributed by atoms with Gasteiger partial charge in [0.2, 0.25) is 0 Å². The molecule has 1 heterocycles. The fourth-order valence-electron chi connectivity index (χ4n) is 4.15. The maximum absolute atomic E-state index is 13.1. The van der Waals surface area contributed by atoms with E-state index in [0.717, 1.165) is 16.0 Å². The van der Waals surface area contributed by atoms with E-state index in [1.807, 2.05) is 56.3 Å². The van der Waals surface area contributed by atoms with Crippen molar-refractivity contribution in [1.29, 1.82) is 0 Å². The molecule has 1 aliphatic heterocycles. The van der Waals surface area contributed by atoms with Crippen LogP contribution in [0.4, 0.5) is 0 Å². The highest BCUT2D eigenvalue weighted by molar-refractivity contribution is 9.10. The molecular weight excluding hydrogens is 520 g/mol. The first-order valence-electron chi connectivity index (χ1n) is 11.6. The maximum Gasteiger partial charge on any atom is 0.282 e. The van der Waals surface area contributed by atoms with Crippen LogP contribution in [0.25, 0.3) is 10.8 Å². The number of benzene rings is 4. The van der Waals surface area contributed by atoms with Gasteiger partial charge < -0.3 is 9.47 Å². The Morgan fingerprint density at radius 2 is 1.58 bits per heavy atom. The molecule has 2 amide bonds. The summed E-state index contributed by atoms with van der Waals surface area (Å²) in [6.45, 7) is 4.76. The minimum Gasteiger partial charge on any atom is -0.490 e. The molecule has 0 bridgehead atoms. The minimum absolute atomic E-state index is 0.383. The van der Waals surface area contributed by atoms with Gasteiger partial charge in [0.1, 0.15) is 6.61 Å². The van der Waals surface area contributed by atoms with Gasteiger partial charge in [-0.3, -0.25) is 9.59 Å². The highest BCUT2D eigenvalue weighted by atomic mass is 79.9. The monoisotopic (exact) mass is 542 g/mol. The van der Waals surface area contributed by atoms with E-state index in [2.05, 4.69) is 21.0 Å². The average molecular weight is 543 g/mol. The summed E-state index contributed by atoms with van der Waals surface area (Å²) in [6, 6.07) is 22.5. The van der Waals surface area contributed by atoms with Crippen LogP contribution in [0, 0.1) is 6.92 Å². The second kappa shape index (κ2) is 9.95. The average Bonchev–Trinajstić information content (AvgIpc) is 2.88. The number of amides is 2. The molecule has 0 atom stereocenters. The third kappa shape index (κ3) is 4.50. The Morgan fingerprint density at radius 1 is 0.917 bits per heavy atom. The van der Waals surface area contributed by atoms with E-state index >= 15 is 0 Å². The number of ether oxygens (including phenoxy) is 2. The van der Waals surface area contributed by atoms with Crippen LogP contribution < -0.4 is 9.47 Å². The number of hydrogen-bond donors (Lipinski definition) is 0. The fraction of sp³-hybridized carbons (Fsp3) is 0.138. The van der Waals surface area contributed by atoms with Crippen molar-refractivity contribution in [3.63, 3.8) is 0 Å². The number of rotatable bonds is 7. The van der Waals surface area contributed by atoms with Crippen molar-refractivity contribution >= 4 is 44.7 Å². The third-order valence-electron chi connectivity index (χ3n) is 5.91. The Kier molecular flexibility index (Phi) is 6.57. The molecule has 0 radical (unpaired) electrons. The lowest BCUT2D eigenvalue weighted by Crippen LogP contribution is -2.36. The van der Waals surface area contributed by atoms with Crippen molar-refractivity contribution in [1.82, 2.24) is 5.01 Å². The van der Waals surface area contributed by atoms with Gasteiger partial charge in [-0.2, -0.15) is 10.1 Å². The zero-order valence-electron chi connectivity index (χ0n) is 19.8. The van der Waals surface area contributed by atoms with E-state index in [4.69, 9.17) is 9.47 Å². The first-order chi connectivity index (χ1) is 17.5. The largest absolute Gasteiger partial charge is 0.490 e. The number of nitrogens with zero attached hydrogens (tertiary/aromatic N) is 2. The summed E-state index contributed by atoms with van der Waals surface area (Å²) < 4.78 is 12.6. The molecular formula is C29H23BrN2O4. The summed E-state index contributed by atoms with van der Waals surface area (Å²) in [4.78, 5) is 26.2. The predicted molar refractivity (Wildman–Crippen MR) is 143 cm³/mol. The molecule has 1 aliphatic rings. The fourth-order valence-corrected chi connectivity index (χ4v) is 4.73. The van der Waals surface area contributed by atoms with Gasteiger partial charge in [0, 0.05) is 5.39 Å². The topological polar surface area (TPSA) is 68.2 Å². The summed E-state index contributed by atoms with van der Waals surface area (Å²) in [5.74, 6) is 0.192. The van der Waals surface area contributed by atoms with Crippen LogP contribution in [-0.2, 0) is 6.61 Å². The Balaban J connectivity index is 1.42. The molecule has 0 saturated carbocycles. The predicted octanol–water partition coefficient (Wildman–Crippen LogP) is 6.52. The molecule has 0 fully saturated rings. The molecule has 4 aromatic rings. The molecule has 180 valence electrons. The number of carbonyl (C=O) groups excluding carboxylic acids is 2. The van der Waals surface area contributed by atoms with Crippen LogP contribution in [0.2, 0.25) is 0 Å². The minimum atomic E-state index is -0.456. The molecule has 0 aliphatic carbocycles. The van der Waals surface area contributed by atoms with Crippen molar-refractivity contribution < 1.29 is 19.1 Å². The molecule has 0 unspecified atom stereocenters.